The summed E-state index contributed by atoms with van der Waals surface area (Å²) in [5.41, 5.74) is 2.13. The van der Waals surface area contributed by atoms with E-state index in [1.165, 1.54) is 16.9 Å². The lowest BCUT2D eigenvalue weighted by Crippen LogP contribution is -2.38. The fourth-order valence-electron chi connectivity index (χ4n) is 3.12. The number of amides is 1. The zero-order valence-corrected chi connectivity index (χ0v) is 14.8. The largest absolute Gasteiger partial charge is 0.355 e. The average molecular weight is 353 g/mol. The Bertz CT molecular complexity index is 887. The molecule has 25 heavy (non-hydrogen) atoms. The van der Waals surface area contributed by atoms with E-state index in [0.29, 0.717) is 5.13 Å². The number of hydrogen-bond acceptors (Lipinski definition) is 6. The van der Waals surface area contributed by atoms with E-state index in [1.54, 1.807) is 18.6 Å². The molecule has 2 aromatic heterocycles. The highest BCUT2D eigenvalue weighted by Gasteiger charge is 2.26. The minimum absolute atomic E-state index is 0.0154. The van der Waals surface area contributed by atoms with E-state index in [1.807, 2.05) is 12.1 Å². The van der Waals surface area contributed by atoms with Crippen molar-refractivity contribution in [1.29, 1.82) is 0 Å². The van der Waals surface area contributed by atoms with Crippen molar-refractivity contribution in [3.63, 3.8) is 0 Å². The average Bonchev–Trinajstić information content (AvgIpc) is 3.04. The maximum Gasteiger partial charge on any atom is 0.229 e. The summed E-state index contributed by atoms with van der Waals surface area (Å²) in [4.78, 5) is 27.7. The van der Waals surface area contributed by atoms with Crippen LogP contribution in [0.5, 0.6) is 0 Å². The predicted octanol–water partition coefficient (Wildman–Crippen LogP) is 3.25. The second-order valence-electron chi connectivity index (χ2n) is 6.30. The molecule has 1 saturated heterocycles. The molecule has 6 nitrogen and oxygen atoms in total. The summed E-state index contributed by atoms with van der Waals surface area (Å²) in [6.07, 6.45) is 6.76. The highest BCUT2D eigenvalue weighted by molar-refractivity contribution is 7.22. The molecule has 1 aliphatic heterocycles. The topological polar surface area (TPSA) is 71.0 Å². The normalized spacial score (nSPS) is 15.5. The van der Waals surface area contributed by atoms with Crippen molar-refractivity contribution in [3.05, 3.63) is 42.4 Å². The van der Waals surface area contributed by atoms with E-state index in [-0.39, 0.29) is 11.8 Å². The van der Waals surface area contributed by atoms with Gasteiger partial charge < -0.3 is 10.2 Å². The summed E-state index contributed by atoms with van der Waals surface area (Å²) in [5, 5.41) is 3.68. The molecular formula is C18H19N5OS. The standard InChI is InChI=1S/C18H19N5OS/c1-12-2-3-14-15(10-12)25-18(21-14)22-17(24)13-4-8-23(9-5-13)16-11-19-6-7-20-16/h2-3,6-7,10-11,13H,4-5,8-9H2,1H3,(H,21,22,24). The van der Waals surface area contributed by atoms with E-state index in [2.05, 4.69) is 38.2 Å². The van der Waals surface area contributed by atoms with Gasteiger partial charge in [0.2, 0.25) is 5.91 Å². The number of nitrogens with one attached hydrogen (secondary N) is 1. The van der Waals surface area contributed by atoms with Gasteiger partial charge in [-0.25, -0.2) is 9.97 Å². The predicted molar refractivity (Wildman–Crippen MR) is 100.0 cm³/mol. The number of thiazole rings is 1. The molecule has 0 atom stereocenters. The SMILES string of the molecule is Cc1ccc2nc(NC(=O)C3CCN(c4cnccn4)CC3)sc2c1. The first-order valence-corrected chi connectivity index (χ1v) is 9.20. The van der Waals surface area contributed by atoms with Gasteiger partial charge in [0, 0.05) is 31.4 Å². The third-order valence-corrected chi connectivity index (χ3v) is 5.45. The van der Waals surface area contributed by atoms with Crippen molar-refractivity contribution >= 4 is 38.4 Å². The Hall–Kier alpha value is -2.54. The zero-order valence-electron chi connectivity index (χ0n) is 14.0. The van der Waals surface area contributed by atoms with Crippen LogP contribution < -0.4 is 10.2 Å². The monoisotopic (exact) mass is 353 g/mol. The molecule has 1 N–H and O–H groups in total. The molecule has 0 spiro atoms. The minimum Gasteiger partial charge on any atom is -0.355 e. The molecule has 0 radical (unpaired) electrons. The number of hydrogen-bond donors (Lipinski definition) is 1. The van der Waals surface area contributed by atoms with E-state index in [9.17, 15) is 4.79 Å². The molecule has 1 aromatic carbocycles. The Kier molecular flexibility index (Phi) is 4.31. The Morgan fingerprint density at radius 1 is 1.28 bits per heavy atom. The minimum atomic E-state index is 0.0154. The van der Waals surface area contributed by atoms with Gasteiger partial charge in [-0.05, 0) is 37.5 Å². The van der Waals surface area contributed by atoms with Crippen molar-refractivity contribution in [2.45, 2.75) is 19.8 Å². The van der Waals surface area contributed by atoms with Crippen LogP contribution in [0.2, 0.25) is 0 Å². The fourth-order valence-corrected chi connectivity index (χ4v) is 4.09. The molecule has 4 rings (SSSR count). The number of carbonyl (C=O) groups is 1. The van der Waals surface area contributed by atoms with E-state index < -0.39 is 0 Å². The third kappa shape index (κ3) is 3.46. The highest BCUT2D eigenvalue weighted by Crippen LogP contribution is 2.28. The van der Waals surface area contributed by atoms with Crippen LogP contribution in [0.15, 0.2) is 36.8 Å². The molecule has 3 heterocycles. The second-order valence-corrected chi connectivity index (χ2v) is 7.34. The highest BCUT2D eigenvalue weighted by atomic mass is 32.1. The van der Waals surface area contributed by atoms with Crippen LogP contribution in [0.3, 0.4) is 0 Å². The van der Waals surface area contributed by atoms with Gasteiger partial charge in [0.1, 0.15) is 5.82 Å². The number of aromatic nitrogens is 3. The summed E-state index contributed by atoms with van der Waals surface area (Å²) in [6, 6.07) is 6.13. The van der Waals surface area contributed by atoms with Gasteiger partial charge in [-0.1, -0.05) is 17.4 Å². The molecule has 128 valence electrons. The van der Waals surface area contributed by atoms with Crippen LogP contribution in [-0.2, 0) is 4.79 Å². The van der Waals surface area contributed by atoms with Crippen LogP contribution in [-0.4, -0.2) is 33.9 Å². The van der Waals surface area contributed by atoms with Crippen LogP contribution in [0.4, 0.5) is 10.9 Å². The molecule has 0 bridgehead atoms. The summed E-state index contributed by atoms with van der Waals surface area (Å²) < 4.78 is 1.10. The van der Waals surface area contributed by atoms with Crippen LogP contribution in [0, 0.1) is 12.8 Å². The van der Waals surface area contributed by atoms with Crippen molar-refractivity contribution in [2.24, 2.45) is 5.92 Å². The van der Waals surface area contributed by atoms with Crippen molar-refractivity contribution in [1.82, 2.24) is 15.0 Å². The molecular weight excluding hydrogens is 334 g/mol. The molecule has 1 aliphatic rings. The summed E-state index contributed by atoms with van der Waals surface area (Å²) >= 11 is 1.53. The van der Waals surface area contributed by atoms with Gasteiger partial charge in [-0.15, -0.1) is 0 Å². The van der Waals surface area contributed by atoms with Crippen molar-refractivity contribution in [3.8, 4) is 0 Å². The molecule has 1 amide bonds. The van der Waals surface area contributed by atoms with Crippen molar-refractivity contribution < 1.29 is 4.79 Å². The van der Waals surface area contributed by atoms with Gasteiger partial charge >= 0.3 is 0 Å². The molecule has 0 aliphatic carbocycles. The van der Waals surface area contributed by atoms with Crippen LogP contribution in [0.1, 0.15) is 18.4 Å². The maximum absolute atomic E-state index is 12.6. The smallest absolute Gasteiger partial charge is 0.229 e. The first-order chi connectivity index (χ1) is 12.2. The van der Waals surface area contributed by atoms with Crippen LogP contribution in [0.25, 0.3) is 10.2 Å². The maximum atomic E-state index is 12.6. The first kappa shape index (κ1) is 16.0. The Morgan fingerprint density at radius 2 is 2.12 bits per heavy atom. The Morgan fingerprint density at radius 3 is 2.88 bits per heavy atom. The zero-order chi connectivity index (χ0) is 17.2. The number of aryl methyl sites for hydroxylation is 1. The van der Waals surface area contributed by atoms with Gasteiger partial charge in [-0.2, -0.15) is 0 Å². The van der Waals surface area contributed by atoms with E-state index in [4.69, 9.17) is 0 Å². The first-order valence-electron chi connectivity index (χ1n) is 8.38. The number of anilines is 2. The van der Waals surface area contributed by atoms with Crippen LogP contribution >= 0.6 is 11.3 Å². The van der Waals surface area contributed by atoms with Gasteiger partial charge in [0.25, 0.3) is 0 Å². The lowest BCUT2D eigenvalue weighted by Gasteiger charge is -2.31. The van der Waals surface area contributed by atoms with Gasteiger partial charge in [0.15, 0.2) is 5.13 Å². The number of nitrogens with zero attached hydrogens (tertiary/aromatic N) is 4. The van der Waals surface area contributed by atoms with Gasteiger partial charge in [0.05, 0.1) is 16.4 Å². The van der Waals surface area contributed by atoms with Crippen molar-refractivity contribution in [2.75, 3.05) is 23.3 Å². The summed E-state index contributed by atoms with van der Waals surface area (Å²) in [5.74, 6) is 0.958. The van der Waals surface area contributed by atoms with E-state index in [0.717, 1.165) is 42.0 Å². The lowest BCUT2D eigenvalue weighted by molar-refractivity contribution is -0.120. The molecule has 7 heteroatoms. The molecule has 0 saturated carbocycles. The summed E-state index contributed by atoms with van der Waals surface area (Å²) in [6.45, 7) is 3.69. The van der Waals surface area contributed by atoms with Gasteiger partial charge in [-0.3, -0.25) is 9.78 Å². The number of benzene rings is 1. The number of rotatable bonds is 3. The number of fused-ring (bicyclic) bond motifs is 1. The Balaban J connectivity index is 1.38. The number of carbonyl (C=O) groups excluding carboxylic acids is 1. The lowest BCUT2D eigenvalue weighted by atomic mass is 9.96. The molecule has 1 fully saturated rings. The quantitative estimate of drug-likeness (QED) is 0.783. The number of piperidine rings is 1. The summed E-state index contributed by atoms with van der Waals surface area (Å²) in [7, 11) is 0. The van der Waals surface area contributed by atoms with E-state index >= 15 is 0 Å². The molecule has 3 aromatic rings. The Labute approximate surface area is 149 Å². The second kappa shape index (κ2) is 6.76. The fraction of sp³-hybridized carbons (Fsp3) is 0.333. The molecule has 0 unspecified atom stereocenters. The third-order valence-electron chi connectivity index (χ3n) is 4.51.